The number of benzene rings is 1. The summed E-state index contributed by atoms with van der Waals surface area (Å²) in [4.78, 5) is 18.9. The van der Waals surface area contributed by atoms with Crippen molar-refractivity contribution in [3.63, 3.8) is 0 Å². The molecule has 1 saturated heterocycles. The highest BCUT2D eigenvalue weighted by Gasteiger charge is 2.37. The molecular weight excluding hydrogens is 306 g/mol. The van der Waals surface area contributed by atoms with E-state index >= 15 is 0 Å². The molecule has 0 radical (unpaired) electrons. The van der Waals surface area contributed by atoms with Gasteiger partial charge in [-0.3, -0.25) is 4.84 Å². The molecule has 2 amide bonds. The third kappa shape index (κ3) is 3.61. The second-order valence-corrected chi connectivity index (χ2v) is 6.16. The fourth-order valence-corrected chi connectivity index (χ4v) is 3.30. The van der Waals surface area contributed by atoms with E-state index in [0.29, 0.717) is 0 Å². The predicted octanol–water partition coefficient (Wildman–Crippen LogP) is 2.66. The van der Waals surface area contributed by atoms with E-state index in [1.807, 2.05) is 0 Å². The average Bonchev–Trinajstić information content (AvgIpc) is 3.16. The topological polar surface area (TPSA) is 61.8 Å². The fraction of sp³-hybridized carbons (Fsp3) is 0.562. The molecule has 2 atom stereocenters. The molecule has 0 bridgehead atoms. The molecule has 2 N–H and O–H groups in total. The number of amides is 2. The van der Waals surface area contributed by atoms with Crippen molar-refractivity contribution in [1.82, 2.24) is 10.4 Å². The zero-order valence-electron chi connectivity index (χ0n) is 12.7. The second kappa shape index (κ2) is 6.80. The first-order valence-electron chi connectivity index (χ1n) is 7.90. The van der Waals surface area contributed by atoms with Crippen molar-refractivity contribution in [2.45, 2.75) is 50.4 Å². The van der Waals surface area contributed by atoms with E-state index in [-0.39, 0.29) is 24.6 Å². The van der Waals surface area contributed by atoms with Gasteiger partial charge in [-0.15, -0.1) is 0 Å². The molecule has 23 heavy (non-hydrogen) atoms. The van der Waals surface area contributed by atoms with Crippen molar-refractivity contribution < 1.29 is 23.5 Å². The average molecular weight is 326 g/mol. The Morgan fingerprint density at radius 2 is 2.04 bits per heavy atom. The van der Waals surface area contributed by atoms with Crippen LogP contribution in [0.2, 0.25) is 0 Å². The Morgan fingerprint density at radius 1 is 1.30 bits per heavy atom. The first-order chi connectivity index (χ1) is 11.0. The molecule has 0 aromatic heterocycles. The van der Waals surface area contributed by atoms with Crippen LogP contribution in [-0.4, -0.2) is 34.8 Å². The predicted molar refractivity (Wildman–Crippen MR) is 78.3 cm³/mol. The Balaban J connectivity index is 1.71. The van der Waals surface area contributed by atoms with E-state index in [9.17, 15) is 18.7 Å². The Bertz CT molecular complexity index is 578. The number of hydrogen-bond donors (Lipinski definition) is 2. The molecule has 1 aromatic rings. The van der Waals surface area contributed by atoms with Crippen LogP contribution in [0.1, 0.15) is 43.7 Å². The van der Waals surface area contributed by atoms with Crippen molar-refractivity contribution in [3.05, 3.63) is 35.4 Å². The lowest BCUT2D eigenvalue weighted by Crippen LogP contribution is -2.41. The van der Waals surface area contributed by atoms with Crippen LogP contribution in [0.4, 0.5) is 13.6 Å². The van der Waals surface area contributed by atoms with Crippen LogP contribution in [0.15, 0.2) is 18.2 Å². The van der Waals surface area contributed by atoms with Crippen LogP contribution in [0.3, 0.4) is 0 Å². The summed E-state index contributed by atoms with van der Waals surface area (Å²) in [5.41, 5.74) is 2.45. The number of nitrogens with zero attached hydrogens (tertiary/aromatic N) is 1. The van der Waals surface area contributed by atoms with Gasteiger partial charge >= 0.3 is 6.03 Å². The standard InChI is InChI=1S/C16H20F2N2O3/c17-10-5-6-14(18)13(7-10)15-8-11(21)9-20(15)16(22)19-23-12-3-1-2-4-12/h5-7,11-12,15,21H,1-4,8-9H2,(H,19,22). The van der Waals surface area contributed by atoms with Crippen molar-refractivity contribution in [2.24, 2.45) is 0 Å². The smallest absolute Gasteiger partial charge is 0.341 e. The van der Waals surface area contributed by atoms with Gasteiger partial charge in [0.25, 0.3) is 0 Å². The summed E-state index contributed by atoms with van der Waals surface area (Å²) in [6.07, 6.45) is 3.31. The lowest BCUT2D eigenvalue weighted by molar-refractivity contribution is -0.00941. The maximum absolute atomic E-state index is 14.0. The number of rotatable bonds is 3. The van der Waals surface area contributed by atoms with Crippen LogP contribution >= 0.6 is 0 Å². The van der Waals surface area contributed by atoms with Crippen LogP contribution < -0.4 is 5.48 Å². The highest BCUT2D eigenvalue weighted by molar-refractivity contribution is 5.74. The fourth-order valence-electron chi connectivity index (χ4n) is 3.30. The first-order valence-corrected chi connectivity index (χ1v) is 7.90. The number of carbonyl (C=O) groups is 1. The van der Waals surface area contributed by atoms with Crippen molar-refractivity contribution in [1.29, 1.82) is 0 Å². The summed E-state index contributed by atoms with van der Waals surface area (Å²) < 4.78 is 27.4. The lowest BCUT2D eigenvalue weighted by Gasteiger charge is -2.25. The molecule has 1 heterocycles. The molecule has 2 unspecified atom stereocenters. The maximum atomic E-state index is 14.0. The molecule has 1 aliphatic heterocycles. The Labute approximate surface area is 133 Å². The Kier molecular flexibility index (Phi) is 4.77. The van der Waals surface area contributed by atoms with E-state index in [0.717, 1.165) is 43.9 Å². The summed E-state index contributed by atoms with van der Waals surface area (Å²) in [6, 6.07) is 1.86. The van der Waals surface area contributed by atoms with Gasteiger partial charge < -0.3 is 10.0 Å². The molecule has 7 heteroatoms. The van der Waals surface area contributed by atoms with Crippen LogP contribution in [0.5, 0.6) is 0 Å². The minimum atomic E-state index is -0.778. The Hall–Kier alpha value is -1.73. The summed E-state index contributed by atoms with van der Waals surface area (Å²) in [5.74, 6) is -1.18. The van der Waals surface area contributed by atoms with Gasteiger partial charge in [0.05, 0.1) is 18.2 Å². The lowest BCUT2D eigenvalue weighted by atomic mass is 10.0. The zero-order valence-corrected chi connectivity index (χ0v) is 12.7. The van der Waals surface area contributed by atoms with Crippen LogP contribution in [0, 0.1) is 11.6 Å². The van der Waals surface area contributed by atoms with Gasteiger partial charge in [-0.2, -0.15) is 0 Å². The van der Waals surface area contributed by atoms with Gasteiger partial charge in [0.1, 0.15) is 11.6 Å². The van der Waals surface area contributed by atoms with Gasteiger partial charge in [-0.05, 0) is 37.5 Å². The summed E-state index contributed by atoms with van der Waals surface area (Å²) >= 11 is 0. The van der Waals surface area contributed by atoms with Gasteiger partial charge in [0.15, 0.2) is 0 Å². The third-order valence-corrected chi connectivity index (χ3v) is 4.47. The van der Waals surface area contributed by atoms with E-state index in [1.54, 1.807) is 0 Å². The van der Waals surface area contributed by atoms with E-state index in [1.165, 1.54) is 4.90 Å². The molecular formula is C16H20F2N2O3. The molecule has 2 aliphatic rings. The number of likely N-dealkylation sites (tertiary alicyclic amines) is 1. The number of β-amino-alcohol motifs (C(OH)–C–C–N with tert-alkyl or cyclic N) is 1. The summed E-state index contributed by atoms with van der Waals surface area (Å²) in [5, 5.41) is 9.84. The second-order valence-electron chi connectivity index (χ2n) is 6.16. The largest absolute Gasteiger partial charge is 0.391 e. The normalized spacial score (nSPS) is 25.1. The SMILES string of the molecule is O=C(NOC1CCCC1)N1CC(O)CC1c1cc(F)ccc1F. The van der Waals surface area contributed by atoms with Crippen molar-refractivity contribution >= 4 is 6.03 Å². The van der Waals surface area contributed by atoms with E-state index in [4.69, 9.17) is 4.84 Å². The molecule has 0 spiro atoms. The Morgan fingerprint density at radius 3 is 2.78 bits per heavy atom. The minimum absolute atomic E-state index is 0.00386. The number of aliphatic hydroxyl groups excluding tert-OH is 1. The number of hydroxylamine groups is 1. The maximum Gasteiger partial charge on any atom is 0.341 e. The van der Waals surface area contributed by atoms with Crippen molar-refractivity contribution in [2.75, 3.05) is 6.54 Å². The molecule has 126 valence electrons. The number of nitrogens with one attached hydrogen (secondary N) is 1. The zero-order chi connectivity index (χ0) is 16.4. The van der Waals surface area contributed by atoms with Gasteiger partial charge in [-0.25, -0.2) is 19.1 Å². The highest BCUT2D eigenvalue weighted by Crippen LogP contribution is 2.34. The quantitative estimate of drug-likeness (QED) is 0.840. The van der Waals surface area contributed by atoms with E-state index in [2.05, 4.69) is 5.48 Å². The highest BCUT2D eigenvalue weighted by atomic mass is 19.1. The minimum Gasteiger partial charge on any atom is -0.391 e. The van der Waals surface area contributed by atoms with E-state index < -0.39 is 29.8 Å². The monoisotopic (exact) mass is 326 g/mol. The van der Waals surface area contributed by atoms with Crippen LogP contribution in [-0.2, 0) is 4.84 Å². The van der Waals surface area contributed by atoms with Gasteiger partial charge in [0, 0.05) is 12.1 Å². The number of urea groups is 1. The number of halogens is 2. The number of carbonyl (C=O) groups excluding carboxylic acids is 1. The molecule has 3 rings (SSSR count). The molecule has 5 nitrogen and oxygen atoms in total. The van der Waals surface area contributed by atoms with Crippen LogP contribution in [0.25, 0.3) is 0 Å². The van der Waals surface area contributed by atoms with Crippen molar-refractivity contribution in [3.8, 4) is 0 Å². The third-order valence-electron chi connectivity index (χ3n) is 4.47. The number of hydrogen-bond acceptors (Lipinski definition) is 3. The summed E-state index contributed by atoms with van der Waals surface area (Å²) in [7, 11) is 0. The molecule has 1 aromatic carbocycles. The van der Waals surface area contributed by atoms with Gasteiger partial charge in [-0.1, -0.05) is 12.8 Å². The molecule has 2 fully saturated rings. The van der Waals surface area contributed by atoms with Gasteiger partial charge in [0.2, 0.25) is 0 Å². The number of aliphatic hydroxyl groups is 1. The first kappa shape index (κ1) is 16.1. The summed E-state index contributed by atoms with van der Waals surface area (Å²) in [6.45, 7) is 0.0560. The molecule has 1 saturated carbocycles. The molecule has 1 aliphatic carbocycles.